The summed E-state index contributed by atoms with van der Waals surface area (Å²) in [6.07, 6.45) is 4.02. The number of ketones is 1. The van der Waals surface area contributed by atoms with Crippen molar-refractivity contribution in [2.24, 2.45) is 11.3 Å². The number of fused-ring (bicyclic) bond motifs is 3. The van der Waals surface area contributed by atoms with Crippen molar-refractivity contribution in [1.29, 1.82) is 0 Å². The van der Waals surface area contributed by atoms with E-state index in [1.54, 1.807) is 75.5 Å². The van der Waals surface area contributed by atoms with Crippen LogP contribution in [-0.2, 0) is 65.5 Å². The molecule has 0 saturated carbocycles. The van der Waals surface area contributed by atoms with Gasteiger partial charge in [-0.05, 0) is 106 Å². The van der Waals surface area contributed by atoms with Gasteiger partial charge in [0.05, 0.1) is 26.2 Å². The fourth-order valence-electron chi connectivity index (χ4n) is 9.02. The zero-order chi connectivity index (χ0) is 57.3. The Morgan fingerprint density at radius 2 is 1.49 bits per heavy atom. The van der Waals surface area contributed by atoms with Crippen molar-refractivity contribution in [3.05, 3.63) is 102 Å². The van der Waals surface area contributed by atoms with Gasteiger partial charge in [0.2, 0.25) is 29.4 Å². The fourth-order valence-corrected chi connectivity index (χ4v) is 9.02. The number of likely N-dealkylation sites (N-methyl/N-ethyl adjacent to an activating group) is 3. The molecule has 5 rings (SSSR count). The monoisotopic (exact) mass is 1080 g/mol. The third kappa shape index (κ3) is 16.9. The molecule has 0 unspecified atom stereocenters. The van der Waals surface area contributed by atoms with E-state index in [0.717, 1.165) is 22.1 Å². The van der Waals surface area contributed by atoms with E-state index in [0.29, 0.717) is 36.3 Å². The van der Waals surface area contributed by atoms with Gasteiger partial charge in [0, 0.05) is 46.7 Å². The first-order valence-corrected chi connectivity index (χ1v) is 26.3. The third-order valence-electron chi connectivity index (χ3n) is 13.8. The van der Waals surface area contributed by atoms with Crippen molar-refractivity contribution in [3.63, 3.8) is 0 Å². The molecule has 3 aromatic rings. The van der Waals surface area contributed by atoms with Crippen LogP contribution in [0.1, 0.15) is 89.5 Å². The first kappa shape index (κ1) is 61.1. The molecular formula is C58H76N6O14. The number of hydrogen-bond acceptors (Lipinski definition) is 14. The molecule has 0 aromatic heterocycles. The summed E-state index contributed by atoms with van der Waals surface area (Å²) in [6.45, 7) is 6.82. The van der Waals surface area contributed by atoms with Crippen LogP contribution in [0, 0.1) is 11.3 Å². The van der Waals surface area contributed by atoms with Crippen LogP contribution in [-0.4, -0.2) is 165 Å². The molecule has 5 atom stereocenters. The Morgan fingerprint density at radius 1 is 0.769 bits per heavy atom. The van der Waals surface area contributed by atoms with Crippen molar-refractivity contribution in [3.8, 4) is 17.2 Å². The smallest absolute Gasteiger partial charge is 0.330 e. The maximum atomic E-state index is 14.3. The number of nitrogens with one attached hydrogen (secondary N) is 2. The number of nitrogens with zero attached hydrogens (tertiary/aromatic N) is 4. The molecule has 20 heteroatoms. The van der Waals surface area contributed by atoms with Crippen LogP contribution in [0.5, 0.6) is 17.2 Å². The van der Waals surface area contributed by atoms with Crippen LogP contribution in [0.3, 0.4) is 0 Å². The maximum absolute atomic E-state index is 14.3. The van der Waals surface area contributed by atoms with Crippen LogP contribution < -0.4 is 24.8 Å². The summed E-state index contributed by atoms with van der Waals surface area (Å²) in [5, 5.41) is 5.50. The second-order valence-corrected chi connectivity index (χ2v) is 20.7. The number of cyclic esters (lactones) is 2. The average Bonchev–Trinajstić information content (AvgIpc) is 3.44. The Balaban J connectivity index is 1.43. The molecule has 422 valence electrons. The number of hydrogen-bond donors (Lipinski definition) is 2. The van der Waals surface area contributed by atoms with Gasteiger partial charge in [-0.3, -0.25) is 33.6 Å². The number of aryl methyl sites for hydroxylation is 1. The highest BCUT2D eigenvalue weighted by Gasteiger charge is 2.43. The summed E-state index contributed by atoms with van der Waals surface area (Å²) in [6, 6.07) is 16.7. The van der Waals surface area contributed by atoms with Crippen molar-refractivity contribution in [1.82, 2.24) is 30.2 Å². The number of amides is 6. The minimum atomic E-state index is -1.49. The molecule has 2 aliphatic rings. The second kappa shape index (κ2) is 28.6. The summed E-state index contributed by atoms with van der Waals surface area (Å²) < 4.78 is 28.6. The number of piperidine rings is 1. The van der Waals surface area contributed by atoms with Gasteiger partial charge in [-0.1, -0.05) is 68.5 Å². The number of rotatable bonds is 8. The molecule has 6 amide bonds. The molecule has 0 aliphatic carbocycles. The average molecular weight is 1080 g/mol. The molecule has 0 radical (unpaired) electrons. The summed E-state index contributed by atoms with van der Waals surface area (Å²) in [5.74, 6) is -5.26. The number of esters is 2. The second-order valence-electron chi connectivity index (χ2n) is 20.7. The van der Waals surface area contributed by atoms with Crippen molar-refractivity contribution >= 4 is 53.2 Å². The van der Waals surface area contributed by atoms with Crippen LogP contribution in [0.25, 0.3) is 0 Å². The van der Waals surface area contributed by atoms with Gasteiger partial charge in [0.25, 0.3) is 11.8 Å². The van der Waals surface area contributed by atoms with E-state index in [1.165, 1.54) is 69.9 Å². The lowest BCUT2D eigenvalue weighted by atomic mass is 9.87. The summed E-state index contributed by atoms with van der Waals surface area (Å²) in [7, 11) is 7.45. The predicted molar refractivity (Wildman–Crippen MR) is 288 cm³/mol. The third-order valence-corrected chi connectivity index (χ3v) is 13.8. The number of Topliss-reactive ketones (excluding diaryl/α,β-unsaturated/α-hetero) is 1. The highest BCUT2D eigenvalue weighted by molar-refractivity contribution is 6.38. The van der Waals surface area contributed by atoms with Gasteiger partial charge >= 0.3 is 11.9 Å². The zero-order valence-electron chi connectivity index (χ0n) is 46.5. The van der Waals surface area contributed by atoms with E-state index in [1.807, 2.05) is 18.2 Å². The molecule has 1 saturated heterocycles. The van der Waals surface area contributed by atoms with Crippen LogP contribution in [0.4, 0.5) is 0 Å². The molecular weight excluding hydrogens is 1000 g/mol. The number of carbonyl (C=O) groups excluding carboxylic acids is 9. The van der Waals surface area contributed by atoms with Gasteiger partial charge < -0.3 is 53.9 Å². The van der Waals surface area contributed by atoms with E-state index in [9.17, 15) is 43.2 Å². The molecule has 2 heterocycles. The predicted octanol–water partition coefficient (Wildman–Crippen LogP) is 4.41. The van der Waals surface area contributed by atoms with Gasteiger partial charge in [-0.15, -0.1) is 0 Å². The fraction of sp³-hybridized carbons (Fsp3) is 0.500. The van der Waals surface area contributed by atoms with E-state index < -0.39 is 109 Å². The molecule has 2 aliphatic heterocycles. The first-order valence-electron chi connectivity index (χ1n) is 26.3. The van der Waals surface area contributed by atoms with E-state index in [2.05, 4.69) is 10.6 Å². The first-order chi connectivity index (χ1) is 37.0. The Labute approximate surface area is 457 Å². The number of ether oxygens (including phenoxy) is 5. The minimum absolute atomic E-state index is 0.0805. The lowest BCUT2D eigenvalue weighted by Crippen LogP contribution is -2.58. The standard InChI is InChI=1S/C58H76N6O14/c1-37(2)51-55(71)61(6)29-16-15-24-50(67)77-36-58(4,5)52(68)56(72)64-30-17-14-23-43(64)57(73)78-45(27-25-40-26-28-46(74-9)47(32-40)75-10)41-21-18-22-42(33-41)76-35-49(66)62(7)34-48(65)59-38(3)54(70)63(8)44(53(69)60-51)31-39-19-12-11-13-20-39/h11-13,15,18-22,24,26,28,32-33,37-38,43-45,51H,14,16-17,23,25,27,29-31,34-36H2,1-10H3,(H,59,65)(H,60,69)/b24-15-/t38-,43+,44+,45-,51+/m1/s1. The van der Waals surface area contributed by atoms with E-state index in [-0.39, 0.29) is 50.4 Å². The summed E-state index contributed by atoms with van der Waals surface area (Å²) in [5.41, 5.74) is 0.595. The molecule has 2 bridgehead atoms. The van der Waals surface area contributed by atoms with Crippen molar-refractivity contribution in [2.45, 2.75) is 110 Å². The molecule has 1 fully saturated rings. The largest absolute Gasteiger partial charge is 0.493 e. The maximum Gasteiger partial charge on any atom is 0.330 e. The van der Waals surface area contributed by atoms with Crippen molar-refractivity contribution in [2.75, 3.05) is 68.2 Å². The Hall–Kier alpha value is -7.77. The van der Waals surface area contributed by atoms with Gasteiger partial charge in [-0.2, -0.15) is 0 Å². The minimum Gasteiger partial charge on any atom is -0.493 e. The van der Waals surface area contributed by atoms with E-state index >= 15 is 0 Å². The molecule has 3 aromatic carbocycles. The van der Waals surface area contributed by atoms with Crippen LogP contribution >= 0.6 is 0 Å². The van der Waals surface area contributed by atoms with Gasteiger partial charge in [0.1, 0.15) is 42.6 Å². The molecule has 20 nitrogen and oxygen atoms in total. The Bertz CT molecular complexity index is 2660. The van der Waals surface area contributed by atoms with Gasteiger partial charge in [0.15, 0.2) is 18.1 Å². The summed E-state index contributed by atoms with van der Waals surface area (Å²) in [4.78, 5) is 129. The normalized spacial score (nSPS) is 23.0. The quantitative estimate of drug-likeness (QED) is 0.235. The highest BCUT2D eigenvalue weighted by atomic mass is 16.5. The molecule has 2 N–H and O–H groups in total. The topological polar surface area (TPSA) is 237 Å². The van der Waals surface area contributed by atoms with E-state index in [4.69, 9.17) is 23.7 Å². The van der Waals surface area contributed by atoms with Crippen LogP contribution in [0.15, 0.2) is 84.9 Å². The van der Waals surface area contributed by atoms with Gasteiger partial charge in [-0.25, -0.2) is 9.59 Å². The number of carbonyl (C=O) groups is 9. The molecule has 0 spiro atoms. The summed E-state index contributed by atoms with van der Waals surface area (Å²) >= 11 is 0. The Kier molecular flexibility index (Phi) is 22.4. The SMILES string of the molecule is COc1ccc(CC[C@H]2OC(=O)[C@@H]3CCCCN3C(=O)C(=O)C(C)(C)COC(=O)/C=C\CCN(C)C(=O)[C@H](C(C)C)NC(=O)[C@H](Cc3ccccc3)N(C)C(=O)[C@@H](C)NC(=O)CN(C)C(=O)COc3cccc2c3)cc1OC. The Morgan fingerprint density at radius 3 is 2.18 bits per heavy atom. The lowest BCUT2D eigenvalue weighted by molar-refractivity contribution is -0.165. The highest BCUT2D eigenvalue weighted by Crippen LogP contribution is 2.33. The lowest BCUT2D eigenvalue weighted by Gasteiger charge is -2.36. The van der Waals surface area contributed by atoms with Crippen LogP contribution in [0.2, 0.25) is 0 Å². The molecule has 78 heavy (non-hydrogen) atoms. The number of benzene rings is 3. The van der Waals surface area contributed by atoms with Crippen molar-refractivity contribution < 1.29 is 66.8 Å². The number of methoxy groups -OCH3 is 2. The zero-order valence-corrected chi connectivity index (χ0v) is 46.5.